The molecule has 3 rings (SSSR count). The zero-order valence-corrected chi connectivity index (χ0v) is 12.6. The van der Waals surface area contributed by atoms with Crippen LogP contribution in [0.3, 0.4) is 0 Å². The highest BCUT2D eigenvalue weighted by atomic mass is 16.2. The van der Waals surface area contributed by atoms with Gasteiger partial charge in [-0.05, 0) is 24.3 Å². The molecular formula is C17H23N3O. The lowest BCUT2D eigenvalue weighted by molar-refractivity contribution is -0.134. The molecule has 1 saturated carbocycles. The molecule has 1 saturated heterocycles. The van der Waals surface area contributed by atoms with E-state index in [9.17, 15) is 4.79 Å². The van der Waals surface area contributed by atoms with Gasteiger partial charge in [-0.1, -0.05) is 44.2 Å². The van der Waals surface area contributed by atoms with Crippen LogP contribution in [0.25, 0.3) is 0 Å². The number of likely N-dealkylation sites (tertiary alicyclic amines) is 1. The second-order valence-electron chi connectivity index (χ2n) is 6.84. The third-order valence-electron chi connectivity index (χ3n) is 5.15. The van der Waals surface area contributed by atoms with E-state index in [-0.39, 0.29) is 11.9 Å². The molecule has 0 aromatic heterocycles. The highest BCUT2D eigenvalue weighted by Crippen LogP contribution is 2.48. The summed E-state index contributed by atoms with van der Waals surface area (Å²) in [6, 6.07) is 9.63. The van der Waals surface area contributed by atoms with E-state index in [0.29, 0.717) is 12.0 Å². The van der Waals surface area contributed by atoms with Gasteiger partial charge < -0.3 is 16.0 Å². The van der Waals surface area contributed by atoms with Crippen molar-refractivity contribution in [2.24, 2.45) is 11.7 Å². The van der Waals surface area contributed by atoms with E-state index in [1.54, 1.807) is 0 Å². The van der Waals surface area contributed by atoms with Crippen LogP contribution in [0.1, 0.15) is 32.3 Å². The highest BCUT2D eigenvalue weighted by molar-refractivity contribution is 5.87. The second-order valence-corrected chi connectivity index (χ2v) is 6.84. The predicted octanol–water partition coefficient (Wildman–Crippen LogP) is 1.93. The molecule has 3 N–H and O–H groups in total. The molecule has 21 heavy (non-hydrogen) atoms. The van der Waals surface area contributed by atoms with Crippen molar-refractivity contribution in [1.29, 1.82) is 5.41 Å². The summed E-state index contributed by atoms with van der Waals surface area (Å²) in [5.41, 5.74) is 6.99. The van der Waals surface area contributed by atoms with Crippen molar-refractivity contribution in [2.45, 2.75) is 50.2 Å². The minimum Gasteiger partial charge on any atom is -0.330 e. The van der Waals surface area contributed by atoms with Crippen molar-refractivity contribution in [3.63, 3.8) is 0 Å². The largest absolute Gasteiger partial charge is 0.330 e. The van der Waals surface area contributed by atoms with Crippen molar-refractivity contribution in [3.05, 3.63) is 35.9 Å². The van der Waals surface area contributed by atoms with Crippen LogP contribution in [0.5, 0.6) is 0 Å². The Morgan fingerprint density at radius 3 is 2.67 bits per heavy atom. The Morgan fingerprint density at radius 2 is 2.05 bits per heavy atom. The summed E-state index contributed by atoms with van der Waals surface area (Å²) in [6.45, 7) is 4.04. The van der Waals surface area contributed by atoms with Gasteiger partial charge in [0.2, 0.25) is 5.91 Å². The van der Waals surface area contributed by atoms with Crippen LogP contribution in [0, 0.1) is 11.3 Å². The number of amides is 1. The third kappa shape index (κ3) is 2.27. The molecule has 1 heterocycles. The van der Waals surface area contributed by atoms with Gasteiger partial charge in [0.25, 0.3) is 0 Å². The molecule has 1 unspecified atom stereocenters. The quantitative estimate of drug-likeness (QED) is 0.830. The van der Waals surface area contributed by atoms with E-state index in [2.05, 4.69) is 0 Å². The van der Waals surface area contributed by atoms with Crippen molar-refractivity contribution < 1.29 is 4.79 Å². The van der Waals surface area contributed by atoms with Gasteiger partial charge in [-0.2, -0.15) is 0 Å². The summed E-state index contributed by atoms with van der Waals surface area (Å²) >= 11 is 0. The van der Waals surface area contributed by atoms with Gasteiger partial charge >= 0.3 is 0 Å². The topological polar surface area (TPSA) is 70.2 Å². The minimum atomic E-state index is -0.582. The van der Waals surface area contributed by atoms with Crippen LogP contribution >= 0.6 is 0 Å². The van der Waals surface area contributed by atoms with Crippen molar-refractivity contribution in [2.75, 3.05) is 0 Å². The SMILES string of the molecule is CC(C)(c1ccccc1)C(N)C(=O)N1[C@H](C=N)C[C@@H]2C[C@@H]21. The number of carbonyl (C=O) groups is 1. The standard InChI is InChI=1S/C17H23N3O/c1-17(2,12-6-4-3-5-7-12)15(19)16(21)20-13(10-18)8-11-9-14(11)20/h3-7,10-11,13-15,18H,8-9,19H2,1-2H3/t11-,13+,14+,15?/m1/s1. The van der Waals surface area contributed by atoms with Crippen LogP contribution in [-0.4, -0.2) is 35.1 Å². The smallest absolute Gasteiger partial charge is 0.241 e. The summed E-state index contributed by atoms with van der Waals surface area (Å²) in [4.78, 5) is 14.7. The number of piperidine rings is 1. The Balaban J connectivity index is 1.82. The summed E-state index contributed by atoms with van der Waals surface area (Å²) in [5, 5.41) is 7.54. The molecular weight excluding hydrogens is 262 g/mol. The van der Waals surface area contributed by atoms with Gasteiger partial charge in [-0.15, -0.1) is 0 Å². The zero-order chi connectivity index (χ0) is 15.2. The Bertz CT molecular complexity index is 554. The van der Waals surface area contributed by atoms with E-state index in [4.69, 9.17) is 11.1 Å². The highest BCUT2D eigenvalue weighted by Gasteiger charge is 2.55. The number of hydrogen-bond donors (Lipinski definition) is 2. The summed E-state index contributed by atoms with van der Waals surface area (Å²) < 4.78 is 0. The zero-order valence-electron chi connectivity index (χ0n) is 12.6. The van der Waals surface area contributed by atoms with Crippen LogP contribution < -0.4 is 5.73 Å². The number of nitrogens with two attached hydrogens (primary N) is 1. The van der Waals surface area contributed by atoms with Crippen molar-refractivity contribution >= 4 is 12.1 Å². The maximum absolute atomic E-state index is 12.9. The molecule has 1 aliphatic carbocycles. The van der Waals surface area contributed by atoms with Gasteiger partial charge in [-0.25, -0.2) is 0 Å². The maximum Gasteiger partial charge on any atom is 0.241 e. The van der Waals surface area contributed by atoms with Crippen LogP contribution in [0.15, 0.2) is 30.3 Å². The van der Waals surface area contributed by atoms with E-state index >= 15 is 0 Å². The first kappa shape index (κ1) is 14.3. The van der Waals surface area contributed by atoms with Gasteiger partial charge in [0.1, 0.15) is 0 Å². The molecule has 1 aliphatic heterocycles. The number of benzene rings is 1. The molecule has 112 valence electrons. The Kier molecular flexibility index (Phi) is 3.36. The summed E-state index contributed by atoms with van der Waals surface area (Å²) in [6.07, 6.45) is 3.40. The number of rotatable bonds is 4. The average molecular weight is 285 g/mol. The Hall–Kier alpha value is -1.68. The van der Waals surface area contributed by atoms with Gasteiger partial charge in [0.15, 0.2) is 0 Å². The first-order valence-electron chi connectivity index (χ1n) is 7.60. The molecule has 4 atom stereocenters. The van der Waals surface area contributed by atoms with E-state index in [1.165, 1.54) is 6.21 Å². The first-order valence-corrected chi connectivity index (χ1v) is 7.60. The maximum atomic E-state index is 12.9. The lowest BCUT2D eigenvalue weighted by Crippen LogP contribution is -2.55. The molecule has 0 radical (unpaired) electrons. The summed E-state index contributed by atoms with van der Waals surface area (Å²) in [5.74, 6) is 0.579. The molecule has 1 aromatic rings. The molecule has 0 bridgehead atoms. The van der Waals surface area contributed by atoms with Gasteiger partial charge in [0.05, 0.1) is 12.1 Å². The fourth-order valence-corrected chi connectivity index (χ4v) is 3.49. The number of hydrogen-bond acceptors (Lipinski definition) is 3. The Labute approximate surface area is 125 Å². The van der Waals surface area contributed by atoms with Crippen molar-refractivity contribution in [1.82, 2.24) is 4.90 Å². The number of fused-ring (bicyclic) bond motifs is 1. The van der Waals surface area contributed by atoms with E-state index < -0.39 is 11.5 Å². The molecule has 0 spiro atoms. The Morgan fingerprint density at radius 1 is 1.38 bits per heavy atom. The molecule has 1 amide bonds. The number of nitrogens with one attached hydrogen (secondary N) is 1. The average Bonchev–Trinajstić information content (AvgIpc) is 3.17. The monoisotopic (exact) mass is 285 g/mol. The van der Waals surface area contributed by atoms with Crippen molar-refractivity contribution in [3.8, 4) is 0 Å². The third-order valence-corrected chi connectivity index (χ3v) is 5.15. The predicted molar refractivity (Wildman–Crippen MR) is 83.4 cm³/mol. The van der Waals surface area contributed by atoms with E-state index in [1.807, 2.05) is 49.1 Å². The minimum absolute atomic E-state index is 0.0117. The lowest BCUT2D eigenvalue weighted by atomic mass is 9.77. The summed E-state index contributed by atoms with van der Waals surface area (Å²) in [7, 11) is 0. The van der Waals surface area contributed by atoms with Gasteiger partial charge in [-0.3, -0.25) is 4.79 Å². The van der Waals surface area contributed by atoms with Crippen LogP contribution in [0.4, 0.5) is 0 Å². The molecule has 4 heteroatoms. The van der Waals surface area contributed by atoms with Crippen LogP contribution in [-0.2, 0) is 10.2 Å². The first-order chi connectivity index (χ1) is 9.96. The normalized spacial score (nSPS) is 28.9. The van der Waals surface area contributed by atoms with Crippen LogP contribution in [0.2, 0.25) is 0 Å². The van der Waals surface area contributed by atoms with Gasteiger partial charge in [0, 0.05) is 17.7 Å². The lowest BCUT2D eigenvalue weighted by Gasteiger charge is -2.36. The molecule has 2 aliphatic rings. The fraction of sp³-hybridized carbons (Fsp3) is 0.529. The second kappa shape index (κ2) is 4.95. The molecule has 2 fully saturated rings. The molecule has 4 nitrogen and oxygen atoms in total. The number of nitrogens with zero attached hydrogens (tertiary/aromatic N) is 1. The molecule has 1 aromatic carbocycles. The number of carbonyl (C=O) groups excluding carboxylic acids is 1. The fourth-order valence-electron chi connectivity index (χ4n) is 3.49. The van der Waals surface area contributed by atoms with E-state index in [0.717, 1.165) is 18.4 Å².